The Labute approximate surface area is 105 Å². The van der Waals surface area contributed by atoms with Crippen LogP contribution in [-0.4, -0.2) is 14.2 Å². The van der Waals surface area contributed by atoms with Crippen LogP contribution in [0.5, 0.6) is 11.5 Å². The fourth-order valence-corrected chi connectivity index (χ4v) is 1.70. The highest BCUT2D eigenvalue weighted by atomic mass is 16.5. The van der Waals surface area contributed by atoms with Crippen LogP contribution >= 0.6 is 0 Å². The second-order valence-electron chi connectivity index (χ2n) is 5.21. The molecule has 0 aliphatic rings. The topological polar surface area (TPSA) is 18.5 Å². The Morgan fingerprint density at radius 1 is 1.06 bits per heavy atom. The lowest BCUT2D eigenvalue weighted by molar-refractivity contribution is 0.321. The number of rotatable bonds is 6. The van der Waals surface area contributed by atoms with Crippen molar-refractivity contribution >= 4 is 0 Å². The van der Waals surface area contributed by atoms with E-state index < -0.39 is 0 Å². The van der Waals surface area contributed by atoms with Gasteiger partial charge in [0.2, 0.25) is 0 Å². The molecule has 0 aromatic heterocycles. The van der Waals surface area contributed by atoms with Crippen molar-refractivity contribution in [3.63, 3.8) is 0 Å². The summed E-state index contributed by atoms with van der Waals surface area (Å²) in [7, 11) is 3.34. The average Bonchev–Trinajstić information content (AvgIpc) is 2.36. The average molecular weight is 236 g/mol. The minimum absolute atomic E-state index is 0.410. The summed E-state index contributed by atoms with van der Waals surface area (Å²) in [4.78, 5) is 0. The van der Waals surface area contributed by atoms with E-state index >= 15 is 0 Å². The molecular formula is C15H24O2. The van der Waals surface area contributed by atoms with Gasteiger partial charge >= 0.3 is 0 Å². The molecule has 0 amide bonds. The number of hydrogen-bond donors (Lipinski definition) is 0. The van der Waals surface area contributed by atoms with Crippen molar-refractivity contribution in [1.29, 1.82) is 0 Å². The molecule has 0 radical (unpaired) electrons. The molecule has 17 heavy (non-hydrogen) atoms. The first-order valence-corrected chi connectivity index (χ1v) is 6.23. The van der Waals surface area contributed by atoms with Gasteiger partial charge < -0.3 is 9.47 Å². The van der Waals surface area contributed by atoms with Crippen LogP contribution in [0.4, 0.5) is 0 Å². The number of methoxy groups -OCH3 is 2. The summed E-state index contributed by atoms with van der Waals surface area (Å²) >= 11 is 0. The number of hydrogen-bond acceptors (Lipinski definition) is 2. The van der Waals surface area contributed by atoms with Crippen LogP contribution in [0.2, 0.25) is 0 Å². The molecule has 2 heteroatoms. The van der Waals surface area contributed by atoms with E-state index in [-0.39, 0.29) is 0 Å². The summed E-state index contributed by atoms with van der Waals surface area (Å²) in [6.45, 7) is 6.87. The lowest BCUT2D eigenvalue weighted by Crippen LogP contribution is -2.10. The van der Waals surface area contributed by atoms with E-state index in [9.17, 15) is 0 Å². The molecule has 0 bridgehead atoms. The molecule has 0 unspecified atom stereocenters. The van der Waals surface area contributed by atoms with Crippen molar-refractivity contribution in [2.45, 2.75) is 40.0 Å². The van der Waals surface area contributed by atoms with Crippen LogP contribution in [0, 0.1) is 5.41 Å². The zero-order chi connectivity index (χ0) is 12.9. The highest BCUT2D eigenvalue weighted by Gasteiger charge is 2.15. The van der Waals surface area contributed by atoms with E-state index in [0.717, 1.165) is 17.9 Å². The number of benzene rings is 1. The smallest absolute Gasteiger partial charge is 0.160 e. The molecule has 0 spiro atoms. The Balaban J connectivity index is 2.73. The van der Waals surface area contributed by atoms with Crippen molar-refractivity contribution < 1.29 is 9.47 Å². The SMILES string of the molecule is CCC(C)(C)CCc1ccc(OC)c(OC)c1. The molecule has 0 saturated carbocycles. The maximum absolute atomic E-state index is 5.31. The Kier molecular flexibility index (Phi) is 4.86. The molecule has 1 aromatic carbocycles. The molecule has 0 aliphatic heterocycles. The molecular weight excluding hydrogens is 212 g/mol. The van der Waals surface area contributed by atoms with Crippen LogP contribution in [0.15, 0.2) is 18.2 Å². The van der Waals surface area contributed by atoms with Crippen LogP contribution in [0.1, 0.15) is 39.2 Å². The highest BCUT2D eigenvalue weighted by molar-refractivity contribution is 5.42. The van der Waals surface area contributed by atoms with Gasteiger partial charge in [-0.3, -0.25) is 0 Å². The maximum Gasteiger partial charge on any atom is 0.160 e. The van der Waals surface area contributed by atoms with Gasteiger partial charge in [-0.2, -0.15) is 0 Å². The van der Waals surface area contributed by atoms with Crippen molar-refractivity contribution in [3.05, 3.63) is 23.8 Å². The largest absolute Gasteiger partial charge is 0.493 e. The number of aryl methyl sites for hydroxylation is 1. The Morgan fingerprint density at radius 2 is 1.71 bits per heavy atom. The molecule has 0 aliphatic carbocycles. The second kappa shape index (κ2) is 5.95. The zero-order valence-corrected chi connectivity index (χ0v) is 11.7. The van der Waals surface area contributed by atoms with Gasteiger partial charge in [0.25, 0.3) is 0 Å². The van der Waals surface area contributed by atoms with Crippen LogP contribution in [0.3, 0.4) is 0 Å². The first-order valence-electron chi connectivity index (χ1n) is 6.23. The third-order valence-electron chi connectivity index (χ3n) is 3.50. The lowest BCUT2D eigenvalue weighted by atomic mass is 9.84. The highest BCUT2D eigenvalue weighted by Crippen LogP contribution is 2.31. The van der Waals surface area contributed by atoms with E-state index in [1.807, 2.05) is 6.07 Å². The number of ether oxygens (including phenoxy) is 2. The molecule has 0 saturated heterocycles. The monoisotopic (exact) mass is 236 g/mol. The van der Waals surface area contributed by atoms with E-state index in [4.69, 9.17) is 9.47 Å². The molecule has 1 rings (SSSR count). The Hall–Kier alpha value is -1.18. The predicted octanol–water partition coefficient (Wildman–Crippen LogP) is 4.07. The van der Waals surface area contributed by atoms with E-state index in [1.54, 1.807) is 14.2 Å². The quantitative estimate of drug-likeness (QED) is 0.741. The van der Waals surface area contributed by atoms with E-state index in [0.29, 0.717) is 5.41 Å². The van der Waals surface area contributed by atoms with Gasteiger partial charge in [-0.05, 0) is 36.0 Å². The van der Waals surface area contributed by atoms with Gasteiger partial charge in [-0.15, -0.1) is 0 Å². The fraction of sp³-hybridized carbons (Fsp3) is 0.600. The zero-order valence-electron chi connectivity index (χ0n) is 11.7. The standard InChI is InChI=1S/C15H24O2/c1-6-15(2,3)10-9-12-7-8-13(16-4)14(11-12)17-5/h7-8,11H,6,9-10H2,1-5H3. The van der Waals surface area contributed by atoms with Gasteiger partial charge in [0.15, 0.2) is 11.5 Å². The predicted molar refractivity (Wildman–Crippen MR) is 71.9 cm³/mol. The van der Waals surface area contributed by atoms with E-state index in [1.165, 1.54) is 18.4 Å². The van der Waals surface area contributed by atoms with Crippen molar-refractivity contribution in [2.75, 3.05) is 14.2 Å². The summed E-state index contributed by atoms with van der Waals surface area (Å²) in [6, 6.07) is 6.17. The minimum Gasteiger partial charge on any atom is -0.493 e. The van der Waals surface area contributed by atoms with Gasteiger partial charge in [0.1, 0.15) is 0 Å². The Bertz CT molecular complexity index is 356. The minimum atomic E-state index is 0.410. The van der Waals surface area contributed by atoms with Crippen molar-refractivity contribution in [3.8, 4) is 11.5 Å². The van der Waals surface area contributed by atoms with Crippen LogP contribution in [-0.2, 0) is 6.42 Å². The molecule has 1 aromatic rings. The third-order valence-corrected chi connectivity index (χ3v) is 3.50. The lowest BCUT2D eigenvalue weighted by Gasteiger charge is -2.22. The molecule has 0 atom stereocenters. The molecule has 0 fully saturated rings. The van der Waals surface area contributed by atoms with Gasteiger partial charge in [0, 0.05) is 0 Å². The van der Waals surface area contributed by atoms with Gasteiger partial charge in [0.05, 0.1) is 14.2 Å². The summed E-state index contributed by atoms with van der Waals surface area (Å²) in [5, 5.41) is 0. The molecule has 0 heterocycles. The molecule has 96 valence electrons. The maximum atomic E-state index is 5.31. The van der Waals surface area contributed by atoms with Crippen LogP contribution in [0.25, 0.3) is 0 Å². The molecule has 0 N–H and O–H groups in total. The van der Waals surface area contributed by atoms with E-state index in [2.05, 4.69) is 32.9 Å². The second-order valence-corrected chi connectivity index (χ2v) is 5.21. The summed E-state index contributed by atoms with van der Waals surface area (Å²) < 4.78 is 10.5. The third kappa shape index (κ3) is 3.95. The summed E-state index contributed by atoms with van der Waals surface area (Å²) in [6.07, 6.45) is 3.49. The summed E-state index contributed by atoms with van der Waals surface area (Å²) in [5.74, 6) is 1.62. The normalized spacial score (nSPS) is 11.4. The first-order chi connectivity index (χ1) is 8.02. The fourth-order valence-electron chi connectivity index (χ4n) is 1.70. The van der Waals surface area contributed by atoms with Crippen molar-refractivity contribution in [1.82, 2.24) is 0 Å². The van der Waals surface area contributed by atoms with Gasteiger partial charge in [-0.1, -0.05) is 33.3 Å². The first kappa shape index (κ1) is 13.9. The summed E-state index contributed by atoms with van der Waals surface area (Å²) in [5.41, 5.74) is 1.72. The Morgan fingerprint density at radius 3 is 2.24 bits per heavy atom. The molecule has 2 nitrogen and oxygen atoms in total. The van der Waals surface area contributed by atoms with Gasteiger partial charge in [-0.25, -0.2) is 0 Å². The van der Waals surface area contributed by atoms with Crippen LogP contribution < -0.4 is 9.47 Å². The van der Waals surface area contributed by atoms with Crippen molar-refractivity contribution in [2.24, 2.45) is 5.41 Å².